The molecule has 1 aromatic carbocycles. The number of amides is 2. The van der Waals surface area contributed by atoms with Gasteiger partial charge in [-0.25, -0.2) is 9.97 Å². The lowest BCUT2D eigenvalue weighted by Gasteiger charge is -2.24. The lowest BCUT2D eigenvalue weighted by atomic mass is 10.0. The van der Waals surface area contributed by atoms with Crippen molar-refractivity contribution in [2.45, 2.75) is 51.2 Å². The molecule has 11 heteroatoms. The molecule has 2 amide bonds. The fourth-order valence-corrected chi connectivity index (χ4v) is 3.81. The third kappa shape index (κ3) is 6.41. The second-order valence-corrected chi connectivity index (χ2v) is 8.97. The Morgan fingerprint density at radius 3 is 2.50 bits per heavy atom. The third-order valence-corrected chi connectivity index (χ3v) is 5.93. The zero-order chi connectivity index (χ0) is 28.0. The number of carbonyl (C=O) groups is 2. The highest BCUT2D eigenvalue weighted by atomic mass is 16.5. The molecule has 38 heavy (non-hydrogen) atoms. The van der Waals surface area contributed by atoms with Crippen LogP contribution < -0.4 is 11.1 Å². The molecule has 1 saturated heterocycles. The number of nitrogens with zero attached hydrogens (tertiary/aromatic N) is 4. The van der Waals surface area contributed by atoms with Crippen LogP contribution in [0.25, 0.3) is 0 Å². The van der Waals surface area contributed by atoms with Crippen LogP contribution in [0, 0.1) is 18.8 Å². The monoisotopic (exact) mass is 520 g/mol. The first-order chi connectivity index (χ1) is 18.0. The third-order valence-electron chi connectivity index (χ3n) is 5.93. The van der Waals surface area contributed by atoms with E-state index in [0.29, 0.717) is 11.3 Å². The van der Waals surface area contributed by atoms with Gasteiger partial charge in [0.15, 0.2) is 11.9 Å². The van der Waals surface area contributed by atoms with Crippen molar-refractivity contribution in [1.82, 2.24) is 20.2 Å². The van der Waals surface area contributed by atoms with Crippen LogP contribution in [-0.2, 0) is 9.53 Å². The number of carbonyl (C=O) groups excluding carboxylic acids is 2. The van der Waals surface area contributed by atoms with E-state index in [1.807, 2.05) is 32.0 Å². The number of likely N-dealkylation sites (N-methyl/N-ethyl adjacent to an activating group) is 1. The number of hydrogen-bond acceptors (Lipinski definition) is 9. The number of hydrogen-bond donors (Lipinski definition) is 4. The number of aryl methyl sites for hydroxylation is 1. The Morgan fingerprint density at radius 2 is 1.89 bits per heavy atom. The van der Waals surface area contributed by atoms with Crippen molar-refractivity contribution in [2.75, 3.05) is 19.3 Å². The molecule has 2 heterocycles. The fourth-order valence-electron chi connectivity index (χ4n) is 3.81. The molecular formula is C27H32N6O5. The maximum Gasteiger partial charge on any atom is 0.254 e. The van der Waals surface area contributed by atoms with E-state index in [0.717, 1.165) is 0 Å². The summed E-state index contributed by atoms with van der Waals surface area (Å²) in [5.74, 6) is 5.36. The summed E-state index contributed by atoms with van der Waals surface area (Å²) < 4.78 is 5.48. The van der Waals surface area contributed by atoms with Gasteiger partial charge in [0.05, 0.1) is 12.2 Å². The molecule has 0 radical (unpaired) electrons. The van der Waals surface area contributed by atoms with Crippen LogP contribution in [0.2, 0.25) is 0 Å². The minimum absolute atomic E-state index is 0.0651. The minimum atomic E-state index is -1.41. The molecule has 0 bridgehead atoms. The Balaban J connectivity index is 1.71. The van der Waals surface area contributed by atoms with Crippen molar-refractivity contribution < 1.29 is 24.5 Å². The quantitative estimate of drug-likeness (QED) is 0.307. The zero-order valence-electron chi connectivity index (χ0n) is 21.8. The van der Waals surface area contributed by atoms with Crippen molar-refractivity contribution in [3.63, 3.8) is 0 Å². The predicted molar refractivity (Wildman–Crippen MR) is 143 cm³/mol. The number of nitrogens with one attached hydrogen (secondary N) is 1. The van der Waals surface area contributed by atoms with E-state index in [-0.39, 0.29) is 41.4 Å². The van der Waals surface area contributed by atoms with Crippen LogP contribution in [0.1, 0.15) is 35.7 Å². The predicted octanol–water partition coefficient (Wildman–Crippen LogP) is 0.763. The highest BCUT2D eigenvalue weighted by Gasteiger charge is 2.46. The molecule has 3 rings (SSSR count). The molecule has 2 aromatic rings. The number of aromatic nitrogens is 2. The average Bonchev–Trinajstić information content (AvgIpc) is 3.19. The maximum atomic E-state index is 12.8. The van der Waals surface area contributed by atoms with Gasteiger partial charge in [0.1, 0.15) is 24.0 Å². The molecule has 1 fully saturated rings. The molecule has 1 aliphatic heterocycles. The molecular weight excluding hydrogens is 488 g/mol. The molecule has 4 atom stereocenters. The first-order valence-corrected chi connectivity index (χ1v) is 12.0. The summed E-state index contributed by atoms with van der Waals surface area (Å²) in [6.07, 6.45) is -3.72. The lowest BCUT2D eigenvalue weighted by Crippen LogP contribution is -2.41. The van der Waals surface area contributed by atoms with E-state index < -0.39 is 30.3 Å². The number of aliphatic hydroxyl groups excluding tert-OH is 2. The van der Waals surface area contributed by atoms with Crippen LogP contribution in [0.4, 0.5) is 11.5 Å². The minimum Gasteiger partial charge on any atom is -0.387 e. The van der Waals surface area contributed by atoms with Gasteiger partial charge in [-0.15, -0.1) is 0 Å². The second kappa shape index (κ2) is 12.4. The summed E-state index contributed by atoms with van der Waals surface area (Å²) in [6.45, 7) is 9.52. The van der Waals surface area contributed by atoms with Crippen molar-refractivity contribution in [1.29, 1.82) is 0 Å². The molecule has 5 N–H and O–H groups in total. The lowest BCUT2D eigenvalue weighted by molar-refractivity contribution is -0.134. The van der Waals surface area contributed by atoms with Gasteiger partial charge in [0, 0.05) is 24.9 Å². The standard InChI is InChI=1S/C27H32N6O5/c1-15(2)33(27(37)18-10-7-6-8-11-18)13-9-12-19-31-17(4)20(25(28)32-19)30-14-16(3)23-21(34)22(35)24(38-23)26(36)29-5/h6-8,10-11,14-15,21-24,34-35H,3,13H2,1-2,4-5H3,(H,29,36)(H2,28,31,32)/t21-,22+,23+,24+/m1/s1. The first-order valence-electron chi connectivity index (χ1n) is 12.0. The van der Waals surface area contributed by atoms with E-state index in [9.17, 15) is 19.8 Å². The number of anilines is 1. The Morgan fingerprint density at radius 1 is 1.24 bits per heavy atom. The van der Waals surface area contributed by atoms with Crippen LogP contribution in [0.15, 0.2) is 47.5 Å². The van der Waals surface area contributed by atoms with Crippen molar-refractivity contribution in [3.05, 3.63) is 59.6 Å². The summed E-state index contributed by atoms with van der Waals surface area (Å²) in [4.78, 5) is 39.2. The van der Waals surface area contributed by atoms with E-state index >= 15 is 0 Å². The van der Waals surface area contributed by atoms with Crippen molar-refractivity contribution in [3.8, 4) is 11.8 Å². The zero-order valence-corrected chi connectivity index (χ0v) is 21.8. The van der Waals surface area contributed by atoms with Gasteiger partial charge in [0.2, 0.25) is 5.82 Å². The molecule has 0 aliphatic carbocycles. The van der Waals surface area contributed by atoms with Gasteiger partial charge in [-0.1, -0.05) is 30.7 Å². The summed E-state index contributed by atoms with van der Waals surface area (Å²) in [7, 11) is 1.40. The fraction of sp³-hybridized carbons (Fsp3) is 0.370. The number of nitrogens with two attached hydrogens (primary N) is 1. The summed E-state index contributed by atoms with van der Waals surface area (Å²) >= 11 is 0. The smallest absolute Gasteiger partial charge is 0.254 e. The van der Waals surface area contributed by atoms with Crippen molar-refractivity contribution in [2.24, 2.45) is 4.99 Å². The highest BCUT2D eigenvalue weighted by molar-refractivity contribution is 5.94. The highest BCUT2D eigenvalue weighted by Crippen LogP contribution is 2.27. The van der Waals surface area contributed by atoms with Crippen molar-refractivity contribution >= 4 is 29.5 Å². The van der Waals surface area contributed by atoms with E-state index in [1.165, 1.54) is 13.3 Å². The van der Waals surface area contributed by atoms with Crippen LogP contribution >= 0.6 is 0 Å². The Labute approximate surface area is 221 Å². The Kier molecular flexibility index (Phi) is 9.30. The second-order valence-electron chi connectivity index (χ2n) is 8.97. The summed E-state index contributed by atoms with van der Waals surface area (Å²) in [5, 5.41) is 22.8. The first kappa shape index (κ1) is 28.5. The molecule has 0 spiro atoms. The molecule has 0 saturated carbocycles. The topological polar surface area (TPSA) is 163 Å². The molecule has 1 aromatic heterocycles. The normalized spacial score (nSPS) is 20.7. The van der Waals surface area contributed by atoms with Crippen LogP contribution in [-0.4, -0.2) is 87.2 Å². The Hall–Kier alpha value is -4.11. The van der Waals surface area contributed by atoms with Crippen LogP contribution in [0.5, 0.6) is 0 Å². The summed E-state index contributed by atoms with van der Waals surface area (Å²) in [6, 6.07) is 8.92. The van der Waals surface area contributed by atoms with Gasteiger partial charge < -0.3 is 30.9 Å². The maximum absolute atomic E-state index is 12.8. The number of aliphatic hydroxyl groups is 2. The number of aliphatic imine (C=N–C) groups is 1. The van der Waals surface area contributed by atoms with Gasteiger partial charge in [-0.3, -0.25) is 14.6 Å². The number of rotatable bonds is 7. The Bertz CT molecular complexity index is 1260. The largest absolute Gasteiger partial charge is 0.387 e. The SMILES string of the molecule is C=C(C=Nc1c(C)nc(C#CCN(C(=O)c2ccccc2)C(C)C)nc1N)[C@@H]1O[C@H](C(=O)NC)[C@@H](O)[C@H]1O. The van der Waals surface area contributed by atoms with Crippen LogP contribution in [0.3, 0.4) is 0 Å². The molecule has 1 aliphatic rings. The summed E-state index contributed by atoms with van der Waals surface area (Å²) in [5.41, 5.74) is 7.62. The van der Waals surface area contributed by atoms with Gasteiger partial charge in [-0.05, 0) is 44.4 Å². The number of nitrogen functional groups attached to an aromatic ring is 1. The number of ether oxygens (including phenoxy) is 1. The van der Waals surface area contributed by atoms with E-state index in [4.69, 9.17) is 10.5 Å². The van der Waals surface area contributed by atoms with Gasteiger partial charge in [0.25, 0.3) is 11.8 Å². The molecule has 200 valence electrons. The average molecular weight is 521 g/mol. The van der Waals surface area contributed by atoms with E-state index in [1.54, 1.807) is 24.0 Å². The van der Waals surface area contributed by atoms with Gasteiger partial charge in [-0.2, -0.15) is 0 Å². The molecule has 0 unspecified atom stereocenters. The van der Waals surface area contributed by atoms with Gasteiger partial charge >= 0.3 is 0 Å². The van der Waals surface area contributed by atoms with E-state index in [2.05, 4.69) is 38.7 Å². The molecule has 11 nitrogen and oxygen atoms in total. The number of benzene rings is 1.